The number of methoxy groups -OCH3 is 1. The molecule has 4 heterocycles. The highest BCUT2D eigenvalue weighted by Crippen LogP contribution is 2.38. The van der Waals surface area contributed by atoms with Gasteiger partial charge in [-0.1, -0.05) is 42.9 Å². The summed E-state index contributed by atoms with van der Waals surface area (Å²) < 4.78 is 6.72. The minimum Gasteiger partial charge on any atom is -0.469 e. The van der Waals surface area contributed by atoms with E-state index < -0.39 is 12.0 Å². The van der Waals surface area contributed by atoms with Gasteiger partial charge in [-0.2, -0.15) is 0 Å². The van der Waals surface area contributed by atoms with Crippen molar-refractivity contribution in [2.45, 2.75) is 51.1 Å². The van der Waals surface area contributed by atoms with Crippen LogP contribution in [0.5, 0.6) is 0 Å². The van der Waals surface area contributed by atoms with Crippen molar-refractivity contribution in [3.05, 3.63) is 44.7 Å². The number of rotatable bonds is 5. The average Bonchev–Trinajstić information content (AvgIpc) is 3.49. The molecule has 5 rings (SSSR count). The predicted molar refractivity (Wildman–Crippen MR) is 144 cm³/mol. The molecular formula is C25H27N5O5S2. The van der Waals surface area contributed by atoms with Gasteiger partial charge in [-0.05, 0) is 37.5 Å². The maximum Gasteiger partial charge on any atom is 0.308 e. The number of esters is 1. The molecule has 1 N–H and O–H groups in total. The van der Waals surface area contributed by atoms with Gasteiger partial charge in [-0.3, -0.25) is 28.5 Å². The van der Waals surface area contributed by atoms with E-state index in [1.807, 2.05) is 13.0 Å². The minimum absolute atomic E-state index is 0.0755. The molecule has 0 spiro atoms. The Balaban J connectivity index is 1.65. The Morgan fingerprint density at radius 1 is 1.27 bits per heavy atom. The fourth-order valence-electron chi connectivity index (χ4n) is 5.09. The molecule has 2 amide bonds. The lowest BCUT2D eigenvalue weighted by Crippen LogP contribution is -2.57. The first-order valence-corrected chi connectivity index (χ1v) is 13.4. The number of carbonyl (C=O) groups is 3. The number of fused-ring (bicyclic) bond motifs is 1. The van der Waals surface area contributed by atoms with Gasteiger partial charge in [0.15, 0.2) is 0 Å². The third-order valence-electron chi connectivity index (χ3n) is 6.96. The number of amides is 2. The number of pyridine rings is 1. The number of thiocarbonyl (C=S) groups is 1. The van der Waals surface area contributed by atoms with Gasteiger partial charge in [0.1, 0.15) is 21.8 Å². The average molecular weight is 542 g/mol. The van der Waals surface area contributed by atoms with Gasteiger partial charge in [-0.25, -0.2) is 4.98 Å². The van der Waals surface area contributed by atoms with Crippen molar-refractivity contribution in [1.82, 2.24) is 19.6 Å². The van der Waals surface area contributed by atoms with Crippen LogP contribution >= 0.6 is 24.0 Å². The van der Waals surface area contributed by atoms with E-state index in [4.69, 9.17) is 21.9 Å². The van der Waals surface area contributed by atoms with E-state index >= 15 is 0 Å². The van der Waals surface area contributed by atoms with Gasteiger partial charge < -0.3 is 15.0 Å². The Labute approximate surface area is 223 Å². The Bertz CT molecular complexity index is 1400. The molecule has 2 aliphatic heterocycles. The third kappa shape index (κ3) is 4.75. The fraction of sp³-hybridized carbons (Fsp3) is 0.440. The zero-order valence-corrected chi connectivity index (χ0v) is 22.2. The number of anilines is 1. The highest BCUT2D eigenvalue weighted by atomic mass is 32.2. The summed E-state index contributed by atoms with van der Waals surface area (Å²) in [6.07, 6.45) is 6.93. The smallest absolute Gasteiger partial charge is 0.308 e. The Hall–Kier alpha value is -3.25. The lowest BCUT2D eigenvalue weighted by atomic mass is 10.1. The zero-order valence-electron chi connectivity index (χ0n) is 20.6. The van der Waals surface area contributed by atoms with Crippen molar-refractivity contribution in [2.24, 2.45) is 0 Å². The Kier molecular flexibility index (Phi) is 7.04. The van der Waals surface area contributed by atoms with Crippen molar-refractivity contribution in [3.8, 4) is 0 Å². The summed E-state index contributed by atoms with van der Waals surface area (Å²) in [6.45, 7) is 2.51. The van der Waals surface area contributed by atoms with Crippen LogP contribution in [-0.4, -0.2) is 68.7 Å². The molecule has 0 bridgehead atoms. The summed E-state index contributed by atoms with van der Waals surface area (Å²) in [5.41, 5.74) is 1.05. The molecule has 3 aliphatic rings. The summed E-state index contributed by atoms with van der Waals surface area (Å²) in [6, 6.07) is 2.73. The molecule has 2 aromatic heterocycles. The van der Waals surface area contributed by atoms with Crippen LogP contribution in [0.4, 0.5) is 5.82 Å². The minimum atomic E-state index is -0.916. The summed E-state index contributed by atoms with van der Waals surface area (Å²) in [5, 5.41) is 2.77. The van der Waals surface area contributed by atoms with E-state index in [2.05, 4.69) is 5.32 Å². The van der Waals surface area contributed by atoms with Crippen LogP contribution in [-0.2, 0) is 19.1 Å². The normalized spacial score (nSPS) is 21.8. The fourth-order valence-corrected chi connectivity index (χ4v) is 6.47. The number of carbonyl (C=O) groups excluding carboxylic acids is 3. The topological polar surface area (TPSA) is 113 Å². The standard InChI is InChI=1S/C25H27N5O5S2/c1-14-7-8-19-27-21(28-10-9-26-22(32)17(28)12-20(31)35-2)16(23(33)29(19)13-14)11-18-24(34)30(25(36)37-18)15-5-3-4-6-15/h7-8,11,13,15,17H,3-6,9-10,12H2,1-2H3,(H,26,32). The van der Waals surface area contributed by atoms with E-state index in [9.17, 15) is 19.2 Å². The van der Waals surface area contributed by atoms with Crippen LogP contribution < -0.4 is 15.8 Å². The van der Waals surface area contributed by atoms with Crippen LogP contribution in [0.15, 0.2) is 28.0 Å². The van der Waals surface area contributed by atoms with Crippen LogP contribution in [0.2, 0.25) is 0 Å². The van der Waals surface area contributed by atoms with E-state index in [1.165, 1.54) is 29.3 Å². The first-order valence-electron chi connectivity index (χ1n) is 12.2. The van der Waals surface area contributed by atoms with Crippen LogP contribution in [0.25, 0.3) is 11.7 Å². The van der Waals surface area contributed by atoms with Gasteiger partial charge in [0, 0.05) is 25.3 Å². The van der Waals surface area contributed by atoms with Gasteiger partial charge in [0.25, 0.3) is 11.5 Å². The number of thioether (sulfide) groups is 1. The molecule has 194 valence electrons. The third-order valence-corrected chi connectivity index (χ3v) is 8.30. The number of hydrogen-bond acceptors (Lipinski definition) is 9. The van der Waals surface area contributed by atoms with E-state index in [-0.39, 0.29) is 41.2 Å². The molecule has 1 saturated carbocycles. The molecule has 12 heteroatoms. The molecule has 37 heavy (non-hydrogen) atoms. The molecule has 1 atom stereocenters. The lowest BCUT2D eigenvalue weighted by Gasteiger charge is -2.36. The lowest BCUT2D eigenvalue weighted by molar-refractivity contribution is -0.143. The van der Waals surface area contributed by atoms with Crippen molar-refractivity contribution in [1.29, 1.82) is 0 Å². The monoisotopic (exact) mass is 541 g/mol. The Morgan fingerprint density at radius 2 is 2.03 bits per heavy atom. The number of aromatic nitrogens is 2. The number of hydrogen-bond donors (Lipinski definition) is 1. The molecule has 2 saturated heterocycles. The number of nitrogens with one attached hydrogen (secondary N) is 1. The second-order valence-electron chi connectivity index (χ2n) is 9.36. The first kappa shape index (κ1) is 25.4. The summed E-state index contributed by atoms with van der Waals surface area (Å²) in [7, 11) is 1.26. The van der Waals surface area contributed by atoms with Crippen molar-refractivity contribution >= 4 is 63.6 Å². The molecule has 3 fully saturated rings. The van der Waals surface area contributed by atoms with Crippen molar-refractivity contribution in [3.63, 3.8) is 0 Å². The second-order valence-corrected chi connectivity index (χ2v) is 11.0. The van der Waals surface area contributed by atoms with E-state index in [1.54, 1.807) is 22.1 Å². The summed E-state index contributed by atoms with van der Waals surface area (Å²) in [5.74, 6) is -0.895. The van der Waals surface area contributed by atoms with Gasteiger partial charge >= 0.3 is 5.97 Å². The van der Waals surface area contributed by atoms with Crippen LogP contribution in [0.1, 0.15) is 43.2 Å². The highest BCUT2D eigenvalue weighted by Gasteiger charge is 2.39. The highest BCUT2D eigenvalue weighted by molar-refractivity contribution is 8.26. The molecule has 1 aliphatic carbocycles. The quantitative estimate of drug-likeness (QED) is 0.345. The second kappa shape index (κ2) is 10.3. The first-order chi connectivity index (χ1) is 17.8. The maximum absolute atomic E-state index is 13.8. The van der Waals surface area contributed by atoms with Gasteiger partial charge in [-0.15, -0.1) is 0 Å². The SMILES string of the molecule is COC(=O)CC1C(=O)NCCN1c1nc2ccc(C)cn2c(=O)c1C=C1SC(=S)N(C2CCCC2)C1=O. The van der Waals surface area contributed by atoms with Crippen molar-refractivity contribution in [2.75, 3.05) is 25.1 Å². The summed E-state index contributed by atoms with van der Waals surface area (Å²) >= 11 is 6.71. The molecule has 2 aromatic rings. The zero-order chi connectivity index (χ0) is 26.3. The van der Waals surface area contributed by atoms with E-state index in [0.29, 0.717) is 28.0 Å². The number of aryl methyl sites for hydroxylation is 1. The largest absolute Gasteiger partial charge is 0.469 e. The molecule has 0 aromatic carbocycles. The van der Waals surface area contributed by atoms with Crippen molar-refractivity contribution < 1.29 is 19.1 Å². The predicted octanol–water partition coefficient (Wildman–Crippen LogP) is 2.01. The molecule has 10 nitrogen and oxygen atoms in total. The number of nitrogens with zero attached hydrogens (tertiary/aromatic N) is 4. The summed E-state index contributed by atoms with van der Waals surface area (Å²) in [4.78, 5) is 60.6. The maximum atomic E-state index is 13.8. The van der Waals surface area contributed by atoms with Crippen LogP contribution in [0.3, 0.4) is 0 Å². The van der Waals surface area contributed by atoms with E-state index in [0.717, 1.165) is 31.2 Å². The Morgan fingerprint density at radius 3 is 2.76 bits per heavy atom. The van der Waals surface area contributed by atoms with Gasteiger partial charge in [0.2, 0.25) is 5.91 Å². The number of piperazine rings is 1. The number of ether oxygens (including phenoxy) is 1. The van der Waals surface area contributed by atoms with Crippen LogP contribution in [0, 0.1) is 6.92 Å². The van der Waals surface area contributed by atoms with Gasteiger partial charge in [0.05, 0.1) is 24.0 Å². The molecular weight excluding hydrogens is 514 g/mol. The molecule has 0 radical (unpaired) electrons. The molecule has 1 unspecified atom stereocenters.